The van der Waals surface area contributed by atoms with Crippen molar-refractivity contribution in [3.05, 3.63) is 115 Å². The maximum absolute atomic E-state index is 15.3. The topological polar surface area (TPSA) is 112 Å². The van der Waals surface area contributed by atoms with Gasteiger partial charge < -0.3 is 10.3 Å². The van der Waals surface area contributed by atoms with Crippen LogP contribution in [-0.2, 0) is 0 Å². The highest BCUT2D eigenvalue weighted by Crippen LogP contribution is 2.34. The normalized spacial score (nSPS) is 11.3. The third-order valence-electron chi connectivity index (χ3n) is 6.74. The first-order valence-electron chi connectivity index (χ1n) is 12.6. The van der Waals surface area contributed by atoms with E-state index in [9.17, 15) is 9.18 Å². The molecule has 0 radical (unpaired) electrons. The number of carbonyl (C=O) groups excluding carboxylic acids is 1. The van der Waals surface area contributed by atoms with Crippen LogP contribution in [0.5, 0.6) is 0 Å². The molecule has 0 fully saturated rings. The Morgan fingerprint density at radius 3 is 2.49 bits per heavy atom. The van der Waals surface area contributed by atoms with E-state index in [0.717, 1.165) is 11.1 Å². The van der Waals surface area contributed by atoms with Gasteiger partial charge in [0.05, 0.1) is 28.6 Å². The van der Waals surface area contributed by atoms with E-state index in [4.69, 9.17) is 4.98 Å². The summed E-state index contributed by atoms with van der Waals surface area (Å²) in [6.45, 7) is 0. The highest BCUT2D eigenvalue weighted by molar-refractivity contribution is 6.04. The number of fused-ring (bicyclic) bond motifs is 2. The van der Waals surface area contributed by atoms with Gasteiger partial charge in [-0.15, -0.1) is 0 Å². The van der Waals surface area contributed by atoms with Crippen molar-refractivity contribution in [1.29, 1.82) is 0 Å². The molecule has 7 aromatic rings. The van der Waals surface area contributed by atoms with E-state index >= 15 is 4.39 Å². The lowest BCUT2D eigenvalue weighted by Crippen LogP contribution is -2.11. The summed E-state index contributed by atoms with van der Waals surface area (Å²) >= 11 is 0. The molecule has 3 aromatic carbocycles. The molecule has 0 spiro atoms. The van der Waals surface area contributed by atoms with Gasteiger partial charge >= 0.3 is 0 Å². The van der Waals surface area contributed by atoms with Gasteiger partial charge in [-0.25, -0.2) is 13.8 Å². The highest BCUT2D eigenvalue weighted by Gasteiger charge is 2.19. The van der Waals surface area contributed by atoms with Crippen LogP contribution in [-0.4, -0.2) is 36.0 Å². The van der Waals surface area contributed by atoms with Gasteiger partial charge in [-0.05, 0) is 54.6 Å². The molecule has 1 amide bonds. The van der Waals surface area contributed by atoms with Crippen molar-refractivity contribution >= 4 is 33.5 Å². The molecule has 0 aliphatic rings. The standard InChI is InChI=1S/C31H19F2N7O/c32-20-8-6-17(7-9-20)27-29-25(10-11-35-27)37-30(38-29)28-23-13-22(24(33)14-26(23)39-40-28)19-12-21(16-34-15-19)36-31(41)18-4-2-1-3-5-18/h1-16H,(H,36,41)(H,37,38)(H,39,40). The molecular formula is C31H19F2N7O. The number of anilines is 1. The number of aromatic nitrogens is 6. The number of nitrogens with zero attached hydrogens (tertiary/aromatic N) is 4. The van der Waals surface area contributed by atoms with Gasteiger partial charge in [0, 0.05) is 46.1 Å². The van der Waals surface area contributed by atoms with Crippen molar-refractivity contribution in [2.75, 3.05) is 5.32 Å². The number of amides is 1. The molecule has 198 valence electrons. The second kappa shape index (κ2) is 9.76. The van der Waals surface area contributed by atoms with Crippen LogP contribution in [0.15, 0.2) is 97.5 Å². The predicted octanol–water partition coefficient (Wildman–Crippen LogP) is 6.76. The van der Waals surface area contributed by atoms with Gasteiger partial charge in [-0.1, -0.05) is 18.2 Å². The molecule has 41 heavy (non-hydrogen) atoms. The Labute approximate surface area is 231 Å². The van der Waals surface area contributed by atoms with Gasteiger partial charge in [-0.3, -0.25) is 19.9 Å². The zero-order valence-electron chi connectivity index (χ0n) is 21.2. The number of halogens is 2. The molecule has 8 nitrogen and oxygen atoms in total. The Morgan fingerprint density at radius 1 is 0.829 bits per heavy atom. The first-order valence-corrected chi connectivity index (χ1v) is 12.6. The summed E-state index contributed by atoms with van der Waals surface area (Å²) in [6, 6.07) is 21.3. The molecule has 10 heteroatoms. The van der Waals surface area contributed by atoms with Crippen LogP contribution in [0.3, 0.4) is 0 Å². The van der Waals surface area contributed by atoms with E-state index in [-0.39, 0.29) is 17.3 Å². The second-order valence-corrected chi connectivity index (χ2v) is 9.38. The number of H-pyrrole nitrogens is 2. The second-order valence-electron chi connectivity index (χ2n) is 9.38. The number of benzene rings is 3. The summed E-state index contributed by atoms with van der Waals surface area (Å²) in [5.41, 5.74) is 5.30. The minimum atomic E-state index is -0.478. The summed E-state index contributed by atoms with van der Waals surface area (Å²) < 4.78 is 28.8. The minimum absolute atomic E-state index is 0.285. The Balaban J connectivity index is 1.27. The van der Waals surface area contributed by atoms with Gasteiger partial charge in [0.1, 0.15) is 22.8 Å². The van der Waals surface area contributed by atoms with Crippen molar-refractivity contribution < 1.29 is 13.6 Å². The first kappa shape index (κ1) is 24.3. The molecular weight excluding hydrogens is 524 g/mol. The van der Waals surface area contributed by atoms with Crippen molar-refractivity contribution in [1.82, 2.24) is 30.1 Å². The summed E-state index contributed by atoms with van der Waals surface area (Å²) in [7, 11) is 0. The summed E-state index contributed by atoms with van der Waals surface area (Å²) in [4.78, 5) is 29.3. The number of imidazole rings is 1. The van der Waals surface area contributed by atoms with E-state index in [2.05, 4.69) is 30.5 Å². The first-order chi connectivity index (χ1) is 20.0. The van der Waals surface area contributed by atoms with Crippen LogP contribution in [0.4, 0.5) is 14.5 Å². The smallest absolute Gasteiger partial charge is 0.255 e. The minimum Gasteiger partial charge on any atom is -0.336 e. The van der Waals surface area contributed by atoms with Crippen molar-refractivity contribution in [3.63, 3.8) is 0 Å². The predicted molar refractivity (Wildman–Crippen MR) is 152 cm³/mol. The van der Waals surface area contributed by atoms with Crippen LogP contribution in [0.2, 0.25) is 0 Å². The fourth-order valence-corrected chi connectivity index (χ4v) is 4.75. The molecule has 0 bridgehead atoms. The zero-order chi connectivity index (χ0) is 27.9. The van der Waals surface area contributed by atoms with E-state index in [1.54, 1.807) is 60.8 Å². The SMILES string of the molecule is O=C(Nc1cncc(-c2cc3c(-c4nc5c(-c6ccc(F)cc6)nccc5[nH]4)n[nH]c3cc2F)c1)c1ccccc1. The molecule has 0 saturated carbocycles. The Hall–Kier alpha value is -5.77. The van der Waals surface area contributed by atoms with Gasteiger partial charge in [0.25, 0.3) is 5.91 Å². The Bertz CT molecular complexity index is 2070. The maximum Gasteiger partial charge on any atom is 0.255 e. The number of hydrogen-bond donors (Lipinski definition) is 3. The van der Waals surface area contributed by atoms with Crippen LogP contribution < -0.4 is 5.32 Å². The van der Waals surface area contributed by atoms with Gasteiger partial charge in [-0.2, -0.15) is 5.10 Å². The molecule has 3 N–H and O–H groups in total. The number of nitrogens with one attached hydrogen (secondary N) is 3. The van der Waals surface area contributed by atoms with Crippen molar-refractivity contribution in [2.45, 2.75) is 0 Å². The number of hydrogen-bond acceptors (Lipinski definition) is 5. The molecule has 0 atom stereocenters. The lowest BCUT2D eigenvalue weighted by molar-refractivity contribution is 0.102. The van der Waals surface area contributed by atoms with E-state index in [1.165, 1.54) is 30.6 Å². The Morgan fingerprint density at radius 2 is 1.66 bits per heavy atom. The van der Waals surface area contributed by atoms with Crippen LogP contribution in [0, 0.1) is 11.6 Å². The molecule has 0 aliphatic heterocycles. The average Bonchev–Trinajstić information content (AvgIpc) is 3.61. The zero-order valence-corrected chi connectivity index (χ0v) is 21.2. The Kier molecular flexibility index (Phi) is 5.78. The summed E-state index contributed by atoms with van der Waals surface area (Å²) in [6.07, 6.45) is 4.69. The number of pyridine rings is 2. The van der Waals surface area contributed by atoms with E-state index in [0.29, 0.717) is 50.4 Å². The summed E-state index contributed by atoms with van der Waals surface area (Å²) in [5, 5.41) is 10.7. The van der Waals surface area contributed by atoms with E-state index in [1.807, 2.05) is 6.07 Å². The lowest BCUT2D eigenvalue weighted by Gasteiger charge is -2.08. The molecule has 0 aliphatic carbocycles. The van der Waals surface area contributed by atoms with Crippen LogP contribution in [0.1, 0.15) is 10.4 Å². The number of aromatic amines is 2. The van der Waals surface area contributed by atoms with Crippen LogP contribution in [0.25, 0.3) is 55.8 Å². The molecule has 0 saturated heterocycles. The summed E-state index contributed by atoms with van der Waals surface area (Å²) in [5.74, 6) is -0.651. The molecule has 0 unspecified atom stereocenters. The fraction of sp³-hybridized carbons (Fsp3) is 0. The third-order valence-corrected chi connectivity index (χ3v) is 6.74. The molecule has 7 rings (SSSR count). The fourth-order valence-electron chi connectivity index (χ4n) is 4.75. The maximum atomic E-state index is 15.3. The average molecular weight is 544 g/mol. The highest BCUT2D eigenvalue weighted by atomic mass is 19.1. The largest absolute Gasteiger partial charge is 0.336 e. The van der Waals surface area contributed by atoms with E-state index < -0.39 is 5.82 Å². The van der Waals surface area contributed by atoms with Crippen molar-refractivity contribution in [3.8, 4) is 33.9 Å². The lowest BCUT2D eigenvalue weighted by atomic mass is 10.0. The number of carbonyl (C=O) groups is 1. The number of rotatable bonds is 5. The third kappa shape index (κ3) is 4.47. The van der Waals surface area contributed by atoms with Crippen LogP contribution >= 0.6 is 0 Å². The van der Waals surface area contributed by atoms with Gasteiger partial charge in [0.15, 0.2) is 5.82 Å². The van der Waals surface area contributed by atoms with Crippen molar-refractivity contribution in [2.24, 2.45) is 0 Å². The monoisotopic (exact) mass is 543 g/mol. The molecule has 4 heterocycles. The molecule has 4 aromatic heterocycles. The quantitative estimate of drug-likeness (QED) is 0.222. The van der Waals surface area contributed by atoms with Gasteiger partial charge in [0.2, 0.25) is 0 Å².